The van der Waals surface area contributed by atoms with Crippen LogP contribution in [0.15, 0.2) is 164 Å². The molecule has 65 heavy (non-hydrogen) atoms. The summed E-state index contributed by atoms with van der Waals surface area (Å²) in [6.07, 6.45) is 1.84. The standard InChI is InChI=1S/C59H55FN4O/c1-37(2)51-32-43(41-19-23-45(60)24-20-41)33-52(38(3)4)58(51)63-36-62(54-27-16-39(5)29-56(54)63)46-30-42(40-17-21-44(22-18-40)59(6,7)8)31-48(34-46)65-47-25-26-50-49-13-9-10-14-53(49)64(55(50)35-47)57-15-11-12-28-61-57/h9-35,37-38H,36H2,1-8H3. The summed E-state index contributed by atoms with van der Waals surface area (Å²) >= 11 is 0. The maximum atomic E-state index is 14.1. The Morgan fingerprint density at radius 2 is 1.23 bits per heavy atom. The molecule has 0 radical (unpaired) electrons. The number of hydrogen-bond acceptors (Lipinski definition) is 4. The van der Waals surface area contributed by atoms with Crippen molar-refractivity contribution in [3.63, 3.8) is 0 Å². The van der Waals surface area contributed by atoms with Crippen LogP contribution in [0.5, 0.6) is 11.5 Å². The van der Waals surface area contributed by atoms with Crippen LogP contribution in [0.2, 0.25) is 0 Å². The van der Waals surface area contributed by atoms with Crippen LogP contribution in [0.1, 0.15) is 82.6 Å². The van der Waals surface area contributed by atoms with E-state index in [0.717, 1.165) is 67.4 Å². The van der Waals surface area contributed by atoms with Gasteiger partial charge >= 0.3 is 0 Å². The normalized spacial score (nSPS) is 12.8. The molecule has 0 amide bonds. The molecule has 3 heterocycles. The Bertz CT molecular complexity index is 3190. The van der Waals surface area contributed by atoms with Crippen molar-refractivity contribution in [2.75, 3.05) is 16.5 Å². The van der Waals surface area contributed by atoms with Crippen molar-refractivity contribution >= 4 is 44.6 Å². The van der Waals surface area contributed by atoms with E-state index < -0.39 is 0 Å². The van der Waals surface area contributed by atoms with E-state index in [-0.39, 0.29) is 23.1 Å². The highest BCUT2D eigenvalue weighted by Crippen LogP contribution is 2.51. The Hall–Kier alpha value is -7.18. The van der Waals surface area contributed by atoms with Crippen LogP contribution in [-0.2, 0) is 5.41 Å². The Balaban J connectivity index is 1.11. The number of halogens is 1. The lowest BCUT2D eigenvalue weighted by molar-refractivity contribution is 0.483. The SMILES string of the molecule is Cc1ccc2c(c1)N(c1c(C(C)C)cc(-c3ccc(F)cc3)cc1C(C)C)CN2c1cc(Oc2ccc3c4ccccc4n(-c4ccccn4)c3c2)cc(-c2ccc(C(C)(C)C)cc2)c1. The minimum Gasteiger partial charge on any atom is -0.457 e. The Kier molecular flexibility index (Phi) is 10.6. The predicted octanol–water partition coefficient (Wildman–Crippen LogP) is 16.5. The molecule has 1 aliphatic heterocycles. The highest BCUT2D eigenvalue weighted by atomic mass is 19.1. The number of aromatic nitrogens is 2. The average Bonchev–Trinajstić information content (AvgIpc) is 3.84. The number of pyridine rings is 1. The summed E-state index contributed by atoms with van der Waals surface area (Å²) in [6.45, 7) is 18.6. The first-order valence-corrected chi connectivity index (χ1v) is 22.8. The van der Waals surface area contributed by atoms with E-state index in [1.54, 1.807) is 12.1 Å². The van der Waals surface area contributed by atoms with E-state index in [0.29, 0.717) is 6.67 Å². The zero-order chi connectivity index (χ0) is 45.1. The van der Waals surface area contributed by atoms with Gasteiger partial charge in [-0.3, -0.25) is 4.57 Å². The third-order valence-corrected chi connectivity index (χ3v) is 12.9. The Labute approximate surface area is 382 Å². The summed E-state index contributed by atoms with van der Waals surface area (Å²) in [6, 6.07) is 54.8. The second kappa shape index (κ2) is 16.4. The number of benzene rings is 7. The zero-order valence-corrected chi connectivity index (χ0v) is 38.5. The fourth-order valence-corrected chi connectivity index (χ4v) is 9.47. The quantitative estimate of drug-likeness (QED) is 0.145. The van der Waals surface area contributed by atoms with Crippen LogP contribution in [0, 0.1) is 12.7 Å². The minimum absolute atomic E-state index is 0.0345. The third kappa shape index (κ3) is 7.81. The second-order valence-electron chi connectivity index (χ2n) is 19.2. The van der Waals surface area contributed by atoms with Gasteiger partial charge in [-0.05, 0) is 148 Å². The minimum atomic E-state index is -0.229. The fourth-order valence-electron chi connectivity index (χ4n) is 9.47. The molecule has 10 rings (SSSR count). The monoisotopic (exact) mass is 854 g/mol. The average molecular weight is 855 g/mol. The van der Waals surface area contributed by atoms with Gasteiger partial charge in [0, 0.05) is 40.5 Å². The number of ether oxygens (including phenoxy) is 1. The van der Waals surface area contributed by atoms with E-state index in [9.17, 15) is 4.39 Å². The lowest BCUT2D eigenvalue weighted by Crippen LogP contribution is -2.26. The fraction of sp³-hybridized carbons (Fsp3) is 0.203. The summed E-state index contributed by atoms with van der Waals surface area (Å²) in [5.41, 5.74) is 16.1. The van der Waals surface area contributed by atoms with Crippen LogP contribution in [0.4, 0.5) is 27.1 Å². The molecule has 5 nitrogen and oxygen atoms in total. The Morgan fingerprint density at radius 1 is 0.569 bits per heavy atom. The van der Waals surface area contributed by atoms with Crippen molar-refractivity contribution in [2.24, 2.45) is 0 Å². The van der Waals surface area contributed by atoms with Crippen LogP contribution >= 0.6 is 0 Å². The zero-order valence-electron chi connectivity index (χ0n) is 38.5. The van der Waals surface area contributed by atoms with Crippen molar-refractivity contribution in [3.05, 3.63) is 192 Å². The molecule has 0 saturated carbocycles. The molecular weight excluding hydrogens is 800 g/mol. The highest BCUT2D eigenvalue weighted by molar-refractivity contribution is 6.09. The van der Waals surface area contributed by atoms with Gasteiger partial charge in [0.2, 0.25) is 0 Å². The number of para-hydroxylation sites is 1. The molecule has 0 spiro atoms. The molecule has 0 atom stereocenters. The highest BCUT2D eigenvalue weighted by Gasteiger charge is 2.33. The van der Waals surface area contributed by atoms with Crippen molar-refractivity contribution < 1.29 is 9.13 Å². The number of aryl methyl sites for hydroxylation is 1. The summed E-state index contributed by atoms with van der Waals surface area (Å²) in [7, 11) is 0. The van der Waals surface area contributed by atoms with Gasteiger partial charge in [-0.25, -0.2) is 9.37 Å². The topological polar surface area (TPSA) is 33.5 Å². The largest absolute Gasteiger partial charge is 0.457 e. The van der Waals surface area contributed by atoms with E-state index >= 15 is 0 Å². The van der Waals surface area contributed by atoms with E-state index in [4.69, 9.17) is 9.72 Å². The molecular formula is C59H55FN4O. The first-order valence-electron chi connectivity index (χ1n) is 22.8. The lowest BCUT2D eigenvalue weighted by Gasteiger charge is -2.30. The molecule has 2 aromatic heterocycles. The van der Waals surface area contributed by atoms with Gasteiger partial charge in [-0.15, -0.1) is 0 Å². The number of rotatable bonds is 9. The third-order valence-electron chi connectivity index (χ3n) is 12.9. The first-order chi connectivity index (χ1) is 31.3. The van der Waals surface area contributed by atoms with Crippen molar-refractivity contribution in [1.82, 2.24) is 9.55 Å². The molecule has 0 saturated heterocycles. The second-order valence-corrected chi connectivity index (χ2v) is 19.2. The maximum Gasteiger partial charge on any atom is 0.137 e. The summed E-state index contributed by atoms with van der Waals surface area (Å²) in [4.78, 5) is 9.70. The van der Waals surface area contributed by atoms with Crippen molar-refractivity contribution in [1.29, 1.82) is 0 Å². The van der Waals surface area contributed by atoms with Crippen LogP contribution in [0.3, 0.4) is 0 Å². The molecule has 0 N–H and O–H groups in total. The van der Waals surface area contributed by atoms with Crippen LogP contribution in [-0.4, -0.2) is 16.2 Å². The van der Waals surface area contributed by atoms with Gasteiger partial charge in [0.25, 0.3) is 0 Å². The first kappa shape index (κ1) is 41.8. The number of anilines is 4. The lowest BCUT2D eigenvalue weighted by atomic mass is 9.86. The number of hydrogen-bond donors (Lipinski definition) is 0. The molecule has 6 heteroatoms. The summed E-state index contributed by atoms with van der Waals surface area (Å²) in [5.74, 6) is 2.59. The molecule has 324 valence electrons. The van der Waals surface area contributed by atoms with E-state index in [1.165, 1.54) is 39.0 Å². The summed E-state index contributed by atoms with van der Waals surface area (Å²) in [5, 5.41) is 2.31. The van der Waals surface area contributed by atoms with Gasteiger partial charge in [-0.1, -0.05) is 115 Å². The molecule has 7 aromatic carbocycles. The number of nitrogens with zero attached hydrogens (tertiary/aromatic N) is 4. The van der Waals surface area contributed by atoms with Crippen LogP contribution < -0.4 is 14.5 Å². The molecule has 1 aliphatic rings. The van der Waals surface area contributed by atoms with Gasteiger partial charge in [-0.2, -0.15) is 0 Å². The van der Waals surface area contributed by atoms with Gasteiger partial charge < -0.3 is 14.5 Å². The summed E-state index contributed by atoms with van der Waals surface area (Å²) < 4.78 is 23.3. The maximum absolute atomic E-state index is 14.1. The molecule has 0 unspecified atom stereocenters. The van der Waals surface area contributed by atoms with Gasteiger partial charge in [0.05, 0.1) is 22.4 Å². The smallest absolute Gasteiger partial charge is 0.137 e. The molecule has 0 aliphatic carbocycles. The molecule has 0 bridgehead atoms. The number of fused-ring (bicyclic) bond motifs is 4. The molecule has 9 aromatic rings. The van der Waals surface area contributed by atoms with E-state index in [1.807, 2.05) is 36.5 Å². The van der Waals surface area contributed by atoms with Crippen LogP contribution in [0.25, 0.3) is 49.9 Å². The van der Waals surface area contributed by atoms with Gasteiger partial charge in [0.1, 0.15) is 29.8 Å². The van der Waals surface area contributed by atoms with E-state index in [2.05, 4.69) is 185 Å². The van der Waals surface area contributed by atoms with Crippen molar-refractivity contribution in [3.8, 4) is 39.6 Å². The van der Waals surface area contributed by atoms with Gasteiger partial charge in [0.15, 0.2) is 0 Å². The Morgan fingerprint density at radius 3 is 1.91 bits per heavy atom. The molecule has 0 fully saturated rings. The predicted molar refractivity (Wildman–Crippen MR) is 270 cm³/mol. The van der Waals surface area contributed by atoms with Crippen molar-refractivity contribution in [2.45, 2.75) is 72.6 Å².